The molecule has 130 valence electrons. The van der Waals surface area contributed by atoms with Gasteiger partial charge in [0.25, 0.3) is 11.8 Å². The number of amides is 2. The van der Waals surface area contributed by atoms with Gasteiger partial charge in [-0.2, -0.15) is 0 Å². The van der Waals surface area contributed by atoms with Crippen LogP contribution in [0.5, 0.6) is 0 Å². The molecule has 0 spiro atoms. The topological polar surface area (TPSA) is 58.2 Å². The fourth-order valence-corrected chi connectivity index (χ4v) is 2.41. The van der Waals surface area contributed by atoms with E-state index in [-0.39, 0.29) is 11.5 Å². The second kappa shape index (κ2) is 7.80. The maximum atomic E-state index is 13.6. The number of rotatable bonds is 4. The quantitative estimate of drug-likeness (QED) is 0.682. The van der Waals surface area contributed by atoms with Crippen molar-refractivity contribution in [1.82, 2.24) is 0 Å². The number of carbonyl (C=O) groups excluding carboxylic acids is 2. The second-order valence-corrected chi connectivity index (χ2v) is 5.91. The highest BCUT2D eigenvalue weighted by Crippen LogP contribution is 2.16. The molecule has 3 aromatic carbocycles. The second-order valence-electron chi connectivity index (χ2n) is 5.47. The van der Waals surface area contributed by atoms with Gasteiger partial charge in [-0.3, -0.25) is 9.59 Å². The van der Waals surface area contributed by atoms with E-state index in [1.165, 1.54) is 18.2 Å². The molecule has 0 saturated carbocycles. The maximum Gasteiger partial charge on any atom is 0.258 e. The third kappa shape index (κ3) is 4.26. The number of benzene rings is 3. The van der Waals surface area contributed by atoms with Crippen molar-refractivity contribution in [3.63, 3.8) is 0 Å². The Morgan fingerprint density at radius 3 is 1.88 bits per heavy atom. The molecule has 6 heteroatoms. The highest BCUT2D eigenvalue weighted by Gasteiger charge is 2.11. The number of carbonyl (C=O) groups is 2. The molecule has 2 amide bonds. The molecular formula is C20H14ClFN2O2. The molecule has 0 radical (unpaired) electrons. The lowest BCUT2D eigenvalue weighted by Gasteiger charge is -2.08. The van der Waals surface area contributed by atoms with Crippen LogP contribution in [0, 0.1) is 5.82 Å². The molecule has 0 fully saturated rings. The van der Waals surface area contributed by atoms with Gasteiger partial charge < -0.3 is 10.6 Å². The molecular weight excluding hydrogens is 355 g/mol. The predicted molar refractivity (Wildman–Crippen MR) is 100 cm³/mol. The number of halogens is 2. The molecule has 0 saturated heterocycles. The molecule has 0 aromatic heterocycles. The lowest BCUT2D eigenvalue weighted by molar-refractivity contribution is 0.101. The molecule has 4 nitrogen and oxygen atoms in total. The average molecular weight is 369 g/mol. The van der Waals surface area contributed by atoms with Gasteiger partial charge in [0.05, 0.1) is 5.56 Å². The summed E-state index contributed by atoms with van der Waals surface area (Å²) in [6.45, 7) is 0. The normalized spacial score (nSPS) is 10.2. The Morgan fingerprint density at radius 1 is 0.731 bits per heavy atom. The van der Waals surface area contributed by atoms with E-state index in [4.69, 9.17) is 11.6 Å². The van der Waals surface area contributed by atoms with Crippen molar-refractivity contribution < 1.29 is 14.0 Å². The third-order valence-corrected chi connectivity index (χ3v) is 3.88. The van der Waals surface area contributed by atoms with Crippen LogP contribution in [-0.2, 0) is 0 Å². The van der Waals surface area contributed by atoms with Crippen LogP contribution >= 0.6 is 11.6 Å². The summed E-state index contributed by atoms with van der Waals surface area (Å²) in [5.41, 5.74) is 1.46. The maximum absolute atomic E-state index is 13.6. The largest absolute Gasteiger partial charge is 0.322 e. The molecule has 0 unspecified atom stereocenters. The molecule has 0 aliphatic rings. The van der Waals surface area contributed by atoms with Crippen LogP contribution in [-0.4, -0.2) is 11.8 Å². The van der Waals surface area contributed by atoms with E-state index in [9.17, 15) is 14.0 Å². The van der Waals surface area contributed by atoms with Crippen molar-refractivity contribution in [2.45, 2.75) is 0 Å². The first-order valence-electron chi connectivity index (χ1n) is 7.76. The van der Waals surface area contributed by atoms with Crippen LogP contribution in [0.15, 0.2) is 72.8 Å². The Bertz CT molecular complexity index is 941. The van der Waals surface area contributed by atoms with Gasteiger partial charge in [-0.15, -0.1) is 0 Å². The van der Waals surface area contributed by atoms with Gasteiger partial charge in [-0.05, 0) is 60.7 Å². The summed E-state index contributed by atoms with van der Waals surface area (Å²) in [4.78, 5) is 24.3. The first-order chi connectivity index (χ1) is 12.5. The number of hydrogen-bond acceptors (Lipinski definition) is 2. The van der Waals surface area contributed by atoms with Crippen molar-refractivity contribution in [2.24, 2.45) is 0 Å². The first kappa shape index (κ1) is 17.6. The van der Waals surface area contributed by atoms with Gasteiger partial charge in [-0.1, -0.05) is 23.7 Å². The summed E-state index contributed by atoms with van der Waals surface area (Å²) in [7, 11) is 0. The number of hydrogen-bond donors (Lipinski definition) is 2. The minimum atomic E-state index is -0.594. The van der Waals surface area contributed by atoms with E-state index >= 15 is 0 Å². The summed E-state index contributed by atoms with van der Waals surface area (Å²) in [6, 6.07) is 18.8. The fourth-order valence-electron chi connectivity index (χ4n) is 2.29. The number of nitrogens with one attached hydrogen (secondary N) is 2. The molecule has 0 aliphatic heterocycles. The smallest absolute Gasteiger partial charge is 0.258 e. The Morgan fingerprint density at radius 2 is 1.27 bits per heavy atom. The summed E-state index contributed by atoms with van der Waals surface area (Å²) in [6.07, 6.45) is 0. The van der Waals surface area contributed by atoms with Gasteiger partial charge in [0.2, 0.25) is 0 Å². The Hall–Kier alpha value is -3.18. The fraction of sp³-hybridized carbons (Fsp3) is 0. The third-order valence-electron chi connectivity index (χ3n) is 3.63. The predicted octanol–water partition coefficient (Wildman–Crippen LogP) is 4.98. The van der Waals surface area contributed by atoms with E-state index in [0.717, 1.165) is 0 Å². The summed E-state index contributed by atoms with van der Waals surface area (Å²) < 4.78 is 13.6. The minimum absolute atomic E-state index is 0.0444. The average Bonchev–Trinajstić information content (AvgIpc) is 2.64. The molecule has 0 atom stereocenters. The van der Waals surface area contributed by atoms with Crippen LogP contribution in [0.4, 0.5) is 15.8 Å². The van der Waals surface area contributed by atoms with E-state index in [2.05, 4.69) is 10.6 Å². The summed E-state index contributed by atoms with van der Waals surface area (Å²) in [5, 5.41) is 5.92. The molecule has 0 heterocycles. The molecule has 3 rings (SSSR count). The Kier molecular flexibility index (Phi) is 5.29. The first-order valence-corrected chi connectivity index (χ1v) is 8.13. The van der Waals surface area contributed by atoms with Crippen molar-refractivity contribution in [3.05, 3.63) is 94.8 Å². The zero-order chi connectivity index (χ0) is 18.5. The molecule has 0 aliphatic carbocycles. The van der Waals surface area contributed by atoms with Crippen molar-refractivity contribution in [3.8, 4) is 0 Å². The Balaban J connectivity index is 1.66. The highest BCUT2D eigenvalue weighted by atomic mass is 35.5. The molecule has 2 N–H and O–H groups in total. The van der Waals surface area contributed by atoms with Crippen LogP contribution in [0.2, 0.25) is 5.02 Å². The van der Waals surface area contributed by atoms with Gasteiger partial charge in [-0.25, -0.2) is 4.39 Å². The van der Waals surface area contributed by atoms with E-state index in [0.29, 0.717) is 22.0 Å². The van der Waals surface area contributed by atoms with Crippen LogP contribution in [0.1, 0.15) is 20.7 Å². The highest BCUT2D eigenvalue weighted by molar-refractivity contribution is 6.30. The zero-order valence-electron chi connectivity index (χ0n) is 13.5. The zero-order valence-corrected chi connectivity index (χ0v) is 14.3. The van der Waals surface area contributed by atoms with Crippen LogP contribution in [0.3, 0.4) is 0 Å². The van der Waals surface area contributed by atoms with Crippen molar-refractivity contribution in [1.29, 1.82) is 0 Å². The standard InChI is InChI=1S/C20H14ClFN2O2/c21-14-7-11-16(12-8-14)23-19(25)13-5-9-15(10-6-13)24-20(26)17-3-1-2-4-18(17)22/h1-12H,(H,23,25)(H,24,26). The van der Waals surface area contributed by atoms with E-state index in [1.807, 2.05) is 0 Å². The molecule has 26 heavy (non-hydrogen) atoms. The number of anilines is 2. The van der Waals surface area contributed by atoms with E-state index in [1.54, 1.807) is 54.6 Å². The van der Waals surface area contributed by atoms with Gasteiger partial charge in [0, 0.05) is 22.0 Å². The molecule has 3 aromatic rings. The monoisotopic (exact) mass is 368 g/mol. The van der Waals surface area contributed by atoms with Crippen molar-refractivity contribution >= 4 is 34.8 Å². The SMILES string of the molecule is O=C(Nc1ccc(Cl)cc1)c1ccc(NC(=O)c2ccccc2F)cc1. The van der Waals surface area contributed by atoms with Crippen molar-refractivity contribution in [2.75, 3.05) is 10.6 Å². The summed E-state index contributed by atoms with van der Waals surface area (Å²) >= 11 is 5.81. The van der Waals surface area contributed by atoms with Gasteiger partial charge >= 0.3 is 0 Å². The Labute approximate surface area is 154 Å². The minimum Gasteiger partial charge on any atom is -0.322 e. The van der Waals surface area contributed by atoms with Crippen LogP contribution in [0.25, 0.3) is 0 Å². The summed E-state index contributed by atoms with van der Waals surface area (Å²) in [5.74, 6) is -1.44. The van der Waals surface area contributed by atoms with Gasteiger partial charge in [0.15, 0.2) is 0 Å². The van der Waals surface area contributed by atoms with Gasteiger partial charge in [0.1, 0.15) is 5.82 Å². The molecule has 0 bridgehead atoms. The van der Waals surface area contributed by atoms with E-state index < -0.39 is 11.7 Å². The lowest BCUT2D eigenvalue weighted by atomic mass is 10.1. The lowest BCUT2D eigenvalue weighted by Crippen LogP contribution is -2.14. The van der Waals surface area contributed by atoms with Crippen LogP contribution < -0.4 is 10.6 Å².